The van der Waals surface area contributed by atoms with Gasteiger partial charge in [-0.25, -0.2) is 0 Å². The summed E-state index contributed by atoms with van der Waals surface area (Å²) < 4.78 is 0. The molecule has 1 N–H and O–H groups in total. The zero-order valence-electron chi connectivity index (χ0n) is 27.6. The lowest BCUT2D eigenvalue weighted by Gasteiger charge is -2.15. The molecular weight excluding hydrogens is 474 g/mol. The van der Waals surface area contributed by atoms with E-state index in [4.69, 9.17) is 0 Å². The van der Waals surface area contributed by atoms with Crippen molar-refractivity contribution in [2.45, 2.75) is 219 Å². The highest BCUT2D eigenvalue weighted by atomic mass is 16.1. The Labute approximate surface area is 248 Å². The molecule has 0 aromatic heterocycles. The van der Waals surface area contributed by atoms with Crippen LogP contribution in [0.25, 0.3) is 0 Å². The van der Waals surface area contributed by atoms with Gasteiger partial charge < -0.3 is 5.32 Å². The Morgan fingerprint density at radius 2 is 0.590 bits per heavy atom. The van der Waals surface area contributed by atoms with Gasteiger partial charge in [0.05, 0.1) is 0 Å². The highest BCUT2D eigenvalue weighted by Crippen LogP contribution is 2.20. The van der Waals surface area contributed by atoms with E-state index in [1.54, 1.807) is 0 Å². The molecule has 0 fully saturated rings. The van der Waals surface area contributed by atoms with Crippen LogP contribution in [0.5, 0.6) is 0 Å². The van der Waals surface area contributed by atoms with Crippen molar-refractivity contribution in [1.82, 2.24) is 5.32 Å². The zero-order valence-corrected chi connectivity index (χ0v) is 27.6. The Bertz CT molecular complexity index is 462. The summed E-state index contributed by atoms with van der Waals surface area (Å²) in [5.41, 5.74) is 0. The molecule has 0 rings (SSSR count). The fraction of sp³-hybridized carbons (Fsp3) is 0.973. The topological polar surface area (TPSA) is 29.1 Å². The van der Waals surface area contributed by atoms with Gasteiger partial charge in [0.15, 0.2) is 0 Å². The predicted molar refractivity (Wildman–Crippen MR) is 177 cm³/mol. The second kappa shape index (κ2) is 33.7. The average Bonchev–Trinajstić information content (AvgIpc) is 2.95. The molecule has 0 spiro atoms. The van der Waals surface area contributed by atoms with Gasteiger partial charge in [0.25, 0.3) is 0 Å². The van der Waals surface area contributed by atoms with Crippen molar-refractivity contribution >= 4 is 5.91 Å². The van der Waals surface area contributed by atoms with Crippen LogP contribution in [0.15, 0.2) is 0 Å². The van der Waals surface area contributed by atoms with E-state index < -0.39 is 0 Å². The minimum atomic E-state index is 0.249. The lowest BCUT2D eigenvalue weighted by molar-refractivity contribution is -0.125. The fourth-order valence-corrected chi connectivity index (χ4v) is 6.13. The SMILES string of the molecule is CCCCCCCCCCCCCCCCCCC(CCCCCCCCCCCCCCCC)C(=O)NC. The molecule has 0 aliphatic heterocycles. The first kappa shape index (κ1) is 38.5. The van der Waals surface area contributed by atoms with Gasteiger partial charge in [-0.2, -0.15) is 0 Å². The molecule has 2 heteroatoms. The number of nitrogens with one attached hydrogen (secondary N) is 1. The third-order valence-electron chi connectivity index (χ3n) is 8.93. The fourth-order valence-electron chi connectivity index (χ4n) is 6.13. The first-order valence-electron chi connectivity index (χ1n) is 18.5. The van der Waals surface area contributed by atoms with Gasteiger partial charge in [-0.3, -0.25) is 4.79 Å². The van der Waals surface area contributed by atoms with Crippen LogP contribution in [-0.2, 0) is 4.79 Å². The molecule has 234 valence electrons. The van der Waals surface area contributed by atoms with Crippen LogP contribution in [-0.4, -0.2) is 13.0 Å². The van der Waals surface area contributed by atoms with Gasteiger partial charge in [0, 0.05) is 13.0 Å². The van der Waals surface area contributed by atoms with E-state index in [0.29, 0.717) is 0 Å². The van der Waals surface area contributed by atoms with E-state index >= 15 is 0 Å². The van der Waals surface area contributed by atoms with E-state index in [-0.39, 0.29) is 11.8 Å². The predicted octanol–water partition coefficient (Wildman–Crippen LogP) is 12.9. The van der Waals surface area contributed by atoms with Crippen molar-refractivity contribution < 1.29 is 4.79 Å². The van der Waals surface area contributed by atoms with Crippen molar-refractivity contribution in [2.24, 2.45) is 5.92 Å². The summed E-state index contributed by atoms with van der Waals surface area (Å²) in [7, 11) is 1.81. The van der Waals surface area contributed by atoms with Gasteiger partial charge in [-0.15, -0.1) is 0 Å². The Morgan fingerprint density at radius 1 is 0.385 bits per heavy atom. The number of hydrogen-bond acceptors (Lipinski definition) is 1. The first-order chi connectivity index (χ1) is 19.3. The summed E-state index contributed by atoms with van der Waals surface area (Å²) in [6.07, 6.45) is 44.3. The molecule has 0 aromatic carbocycles. The van der Waals surface area contributed by atoms with Gasteiger partial charge in [-0.05, 0) is 12.8 Å². The van der Waals surface area contributed by atoms with E-state index in [9.17, 15) is 4.79 Å². The summed E-state index contributed by atoms with van der Waals surface area (Å²) in [5.74, 6) is 0.532. The van der Waals surface area contributed by atoms with Gasteiger partial charge in [-0.1, -0.05) is 206 Å². The summed E-state index contributed by atoms with van der Waals surface area (Å²) in [4.78, 5) is 12.4. The molecule has 2 nitrogen and oxygen atoms in total. The van der Waals surface area contributed by atoms with Crippen LogP contribution in [0.2, 0.25) is 0 Å². The highest BCUT2D eigenvalue weighted by Gasteiger charge is 2.16. The summed E-state index contributed by atoms with van der Waals surface area (Å²) in [5, 5.41) is 2.93. The van der Waals surface area contributed by atoms with Crippen molar-refractivity contribution in [3.8, 4) is 0 Å². The van der Waals surface area contributed by atoms with Gasteiger partial charge >= 0.3 is 0 Å². The number of hydrogen-bond donors (Lipinski definition) is 1. The summed E-state index contributed by atoms with van der Waals surface area (Å²) >= 11 is 0. The number of carbonyl (C=O) groups excluding carboxylic acids is 1. The molecule has 0 saturated heterocycles. The summed E-state index contributed by atoms with van der Waals surface area (Å²) in [6, 6.07) is 0. The number of rotatable bonds is 33. The molecule has 0 radical (unpaired) electrons. The smallest absolute Gasteiger partial charge is 0.222 e. The molecular formula is C37H75NO. The third-order valence-corrected chi connectivity index (χ3v) is 8.93. The zero-order chi connectivity index (χ0) is 28.5. The van der Waals surface area contributed by atoms with Crippen molar-refractivity contribution in [3.63, 3.8) is 0 Å². The molecule has 0 aliphatic rings. The van der Waals surface area contributed by atoms with E-state index in [1.165, 1.54) is 193 Å². The van der Waals surface area contributed by atoms with Gasteiger partial charge in [0.1, 0.15) is 0 Å². The van der Waals surface area contributed by atoms with Crippen LogP contribution >= 0.6 is 0 Å². The monoisotopic (exact) mass is 550 g/mol. The number of amides is 1. The van der Waals surface area contributed by atoms with Crippen molar-refractivity contribution in [1.29, 1.82) is 0 Å². The summed E-state index contributed by atoms with van der Waals surface area (Å²) in [6.45, 7) is 4.59. The molecule has 1 atom stereocenters. The largest absolute Gasteiger partial charge is 0.359 e. The van der Waals surface area contributed by atoms with Crippen LogP contribution in [0.4, 0.5) is 0 Å². The van der Waals surface area contributed by atoms with Crippen molar-refractivity contribution in [3.05, 3.63) is 0 Å². The average molecular weight is 550 g/mol. The second-order valence-electron chi connectivity index (χ2n) is 12.8. The molecule has 0 saturated carbocycles. The Balaban J connectivity index is 3.49. The molecule has 0 bridgehead atoms. The number of unbranched alkanes of at least 4 members (excludes halogenated alkanes) is 28. The minimum Gasteiger partial charge on any atom is -0.359 e. The van der Waals surface area contributed by atoms with Crippen LogP contribution in [0, 0.1) is 5.92 Å². The molecule has 0 heterocycles. The maximum atomic E-state index is 12.4. The maximum Gasteiger partial charge on any atom is 0.222 e. The highest BCUT2D eigenvalue weighted by molar-refractivity contribution is 5.78. The lowest BCUT2D eigenvalue weighted by Crippen LogP contribution is -2.27. The Hall–Kier alpha value is -0.530. The van der Waals surface area contributed by atoms with Crippen LogP contribution < -0.4 is 5.32 Å². The second-order valence-corrected chi connectivity index (χ2v) is 12.8. The molecule has 0 aromatic rings. The van der Waals surface area contributed by atoms with Gasteiger partial charge in [0.2, 0.25) is 5.91 Å². The van der Waals surface area contributed by atoms with E-state index in [2.05, 4.69) is 19.2 Å². The standard InChI is InChI=1S/C37H75NO/c1-4-6-8-10-12-14-16-18-20-21-23-25-27-29-31-33-35-36(37(39)38-3)34-32-30-28-26-24-22-19-17-15-13-11-9-7-5-2/h36H,4-35H2,1-3H3,(H,38,39). The quantitative estimate of drug-likeness (QED) is 0.0810. The number of carbonyl (C=O) groups is 1. The first-order valence-corrected chi connectivity index (χ1v) is 18.5. The molecule has 1 unspecified atom stereocenters. The maximum absolute atomic E-state index is 12.4. The minimum absolute atomic E-state index is 0.249. The Morgan fingerprint density at radius 3 is 0.795 bits per heavy atom. The molecule has 39 heavy (non-hydrogen) atoms. The van der Waals surface area contributed by atoms with E-state index in [1.807, 2.05) is 7.05 Å². The third kappa shape index (κ3) is 30.3. The van der Waals surface area contributed by atoms with Crippen LogP contribution in [0.3, 0.4) is 0 Å². The van der Waals surface area contributed by atoms with Crippen molar-refractivity contribution in [2.75, 3.05) is 7.05 Å². The van der Waals surface area contributed by atoms with E-state index in [0.717, 1.165) is 12.8 Å². The lowest BCUT2D eigenvalue weighted by atomic mass is 9.93. The van der Waals surface area contributed by atoms with Crippen LogP contribution in [0.1, 0.15) is 219 Å². The normalized spacial score (nSPS) is 12.2. The Kier molecular flexibility index (Phi) is 33.2. The molecule has 0 aliphatic carbocycles. The molecule has 1 amide bonds.